The van der Waals surface area contributed by atoms with Gasteiger partial charge in [-0.2, -0.15) is 0 Å². The number of unbranched alkanes of at least 4 members (excludes halogenated alkanes) is 1. The quantitative estimate of drug-likeness (QED) is 0.124. The summed E-state index contributed by atoms with van der Waals surface area (Å²) in [6, 6.07) is 7.99. The van der Waals surface area contributed by atoms with E-state index in [1.165, 1.54) is 0 Å². The maximum absolute atomic E-state index is 12.7. The van der Waals surface area contributed by atoms with E-state index in [9.17, 15) is 9.59 Å². The molecular formula is C25H35BrO5. The van der Waals surface area contributed by atoms with Gasteiger partial charge in [-0.15, -0.1) is 6.58 Å². The predicted octanol–water partition coefficient (Wildman–Crippen LogP) is 5.89. The summed E-state index contributed by atoms with van der Waals surface area (Å²) < 4.78 is 16.0. The first-order chi connectivity index (χ1) is 14.9. The van der Waals surface area contributed by atoms with Crippen molar-refractivity contribution in [3.05, 3.63) is 54.6 Å². The Labute approximate surface area is 195 Å². The van der Waals surface area contributed by atoms with Gasteiger partial charge in [-0.3, -0.25) is 9.59 Å². The van der Waals surface area contributed by atoms with E-state index in [1.54, 1.807) is 19.1 Å². The minimum absolute atomic E-state index is 0.0365. The summed E-state index contributed by atoms with van der Waals surface area (Å²) in [5.41, 5.74) is 2.10. The second-order valence-corrected chi connectivity index (χ2v) is 8.57. The highest BCUT2D eigenvalue weighted by Gasteiger charge is 2.29. The van der Waals surface area contributed by atoms with E-state index < -0.39 is 11.8 Å². The first-order valence-corrected chi connectivity index (χ1v) is 11.7. The smallest absolute Gasteiger partial charge is 0.309 e. The molecule has 0 heterocycles. The number of carbonyl (C=O) groups excluding carboxylic acids is 2. The molecule has 31 heavy (non-hydrogen) atoms. The van der Waals surface area contributed by atoms with Gasteiger partial charge in [-0.05, 0) is 30.4 Å². The fourth-order valence-electron chi connectivity index (χ4n) is 2.98. The number of rotatable bonds is 16. The average Bonchev–Trinajstić information content (AvgIpc) is 2.78. The summed E-state index contributed by atoms with van der Waals surface area (Å²) in [6.07, 6.45) is 6.09. The molecule has 0 bridgehead atoms. The van der Waals surface area contributed by atoms with Crippen molar-refractivity contribution in [3.63, 3.8) is 0 Å². The molecule has 0 radical (unpaired) electrons. The number of esters is 2. The first-order valence-electron chi connectivity index (χ1n) is 10.8. The van der Waals surface area contributed by atoms with E-state index >= 15 is 0 Å². The molecule has 5 nitrogen and oxygen atoms in total. The molecular weight excluding hydrogens is 460 g/mol. The molecule has 6 heteroatoms. The SMILES string of the molecule is C=CCOCCOC(=O)C(C)CC(CC(Br)c1ccc(C=C)cc1)C(=O)OCCCC. The zero-order chi connectivity index (χ0) is 23.1. The van der Waals surface area contributed by atoms with E-state index in [0.717, 1.165) is 24.0 Å². The lowest BCUT2D eigenvalue weighted by molar-refractivity contribution is -0.153. The normalized spacial score (nSPS) is 13.6. The van der Waals surface area contributed by atoms with E-state index in [1.807, 2.05) is 31.2 Å². The van der Waals surface area contributed by atoms with Crippen LogP contribution in [0.5, 0.6) is 0 Å². The number of hydrogen-bond acceptors (Lipinski definition) is 5. The number of carbonyl (C=O) groups is 2. The molecule has 0 aliphatic heterocycles. The minimum Gasteiger partial charge on any atom is -0.465 e. The Morgan fingerprint density at radius 3 is 2.32 bits per heavy atom. The van der Waals surface area contributed by atoms with Crippen LogP contribution in [0.2, 0.25) is 0 Å². The van der Waals surface area contributed by atoms with Crippen LogP contribution < -0.4 is 0 Å². The number of benzene rings is 1. The van der Waals surface area contributed by atoms with Crippen molar-refractivity contribution in [3.8, 4) is 0 Å². The maximum atomic E-state index is 12.7. The molecule has 1 rings (SSSR count). The molecule has 0 amide bonds. The lowest BCUT2D eigenvalue weighted by Gasteiger charge is -2.22. The molecule has 0 fully saturated rings. The molecule has 3 unspecified atom stereocenters. The van der Waals surface area contributed by atoms with Crippen LogP contribution in [0.15, 0.2) is 43.5 Å². The van der Waals surface area contributed by atoms with Gasteiger partial charge in [-0.25, -0.2) is 0 Å². The van der Waals surface area contributed by atoms with Crippen LogP contribution in [0.3, 0.4) is 0 Å². The Bertz CT molecular complexity index is 686. The number of halogens is 1. The van der Waals surface area contributed by atoms with Gasteiger partial charge in [0.05, 0.1) is 31.7 Å². The fourth-order valence-corrected chi connectivity index (χ4v) is 3.74. The van der Waals surface area contributed by atoms with Crippen molar-refractivity contribution in [1.29, 1.82) is 0 Å². The van der Waals surface area contributed by atoms with Gasteiger partial charge in [-0.1, -0.05) is 79.2 Å². The van der Waals surface area contributed by atoms with Crippen LogP contribution in [0.1, 0.15) is 55.5 Å². The number of ether oxygens (including phenoxy) is 3. The monoisotopic (exact) mass is 494 g/mol. The first kappa shape index (κ1) is 27.1. The summed E-state index contributed by atoms with van der Waals surface area (Å²) in [5.74, 6) is -1.45. The predicted molar refractivity (Wildman–Crippen MR) is 128 cm³/mol. The largest absolute Gasteiger partial charge is 0.465 e. The summed E-state index contributed by atoms with van der Waals surface area (Å²) in [6.45, 7) is 12.5. The minimum atomic E-state index is -0.425. The maximum Gasteiger partial charge on any atom is 0.309 e. The van der Waals surface area contributed by atoms with Crippen LogP contribution in [-0.2, 0) is 23.8 Å². The van der Waals surface area contributed by atoms with Crippen LogP contribution in [0.4, 0.5) is 0 Å². The lowest BCUT2D eigenvalue weighted by atomic mass is 9.90. The Morgan fingerprint density at radius 2 is 1.71 bits per heavy atom. The third-order valence-corrected chi connectivity index (χ3v) is 5.75. The van der Waals surface area contributed by atoms with E-state index in [4.69, 9.17) is 14.2 Å². The van der Waals surface area contributed by atoms with Crippen molar-refractivity contribution in [2.45, 2.75) is 44.4 Å². The van der Waals surface area contributed by atoms with Crippen molar-refractivity contribution in [2.75, 3.05) is 26.4 Å². The highest BCUT2D eigenvalue weighted by molar-refractivity contribution is 9.09. The molecule has 1 aromatic rings. The molecule has 0 saturated heterocycles. The Balaban J connectivity index is 2.73. The molecule has 0 aliphatic carbocycles. The van der Waals surface area contributed by atoms with Crippen LogP contribution in [0, 0.1) is 11.8 Å². The molecule has 0 N–H and O–H groups in total. The fraction of sp³-hybridized carbons (Fsp3) is 0.520. The average molecular weight is 495 g/mol. The van der Waals surface area contributed by atoms with Gasteiger partial charge in [0.15, 0.2) is 0 Å². The van der Waals surface area contributed by atoms with Crippen molar-refractivity contribution >= 4 is 33.9 Å². The molecule has 3 atom stereocenters. The second kappa shape index (κ2) is 15.8. The van der Waals surface area contributed by atoms with Gasteiger partial charge in [0.25, 0.3) is 0 Å². The van der Waals surface area contributed by atoms with Crippen molar-refractivity contribution < 1.29 is 23.8 Å². The van der Waals surface area contributed by atoms with Gasteiger partial charge >= 0.3 is 11.9 Å². The van der Waals surface area contributed by atoms with E-state index in [-0.39, 0.29) is 23.4 Å². The van der Waals surface area contributed by atoms with Crippen molar-refractivity contribution in [2.24, 2.45) is 11.8 Å². The van der Waals surface area contributed by atoms with Gasteiger partial charge in [0.1, 0.15) is 6.61 Å². The Kier molecular flexibility index (Phi) is 13.8. The molecule has 0 aliphatic rings. The summed E-state index contributed by atoms with van der Waals surface area (Å²) >= 11 is 3.70. The highest BCUT2D eigenvalue weighted by atomic mass is 79.9. The highest BCUT2D eigenvalue weighted by Crippen LogP contribution is 2.33. The van der Waals surface area contributed by atoms with Crippen LogP contribution in [0.25, 0.3) is 6.08 Å². The zero-order valence-corrected chi connectivity index (χ0v) is 20.3. The van der Waals surface area contributed by atoms with Crippen molar-refractivity contribution in [1.82, 2.24) is 0 Å². The van der Waals surface area contributed by atoms with E-state index in [2.05, 4.69) is 29.1 Å². The molecule has 0 saturated carbocycles. The van der Waals surface area contributed by atoms with Gasteiger partial charge < -0.3 is 14.2 Å². The molecule has 0 aromatic heterocycles. The number of hydrogen-bond donors (Lipinski definition) is 0. The molecule has 1 aromatic carbocycles. The lowest BCUT2D eigenvalue weighted by Crippen LogP contribution is -2.26. The van der Waals surface area contributed by atoms with Crippen LogP contribution >= 0.6 is 15.9 Å². The standard InChI is InChI=1S/C25H35BrO5/c1-5-8-14-30-25(28)22(17-19(4)24(27)31-16-15-29-13-6-2)18-23(26)21-11-9-20(7-3)10-12-21/h6-7,9-12,19,22-23H,2-3,5,8,13-18H2,1,4H3. The van der Waals surface area contributed by atoms with E-state index in [0.29, 0.717) is 32.7 Å². The summed E-state index contributed by atoms with van der Waals surface area (Å²) in [7, 11) is 0. The molecule has 0 spiro atoms. The summed E-state index contributed by atoms with van der Waals surface area (Å²) in [4.78, 5) is 25.1. The number of alkyl halides is 1. The Morgan fingerprint density at radius 1 is 1.03 bits per heavy atom. The molecule has 172 valence electrons. The summed E-state index contributed by atoms with van der Waals surface area (Å²) in [5, 5.41) is 0. The second-order valence-electron chi connectivity index (χ2n) is 7.46. The third kappa shape index (κ3) is 10.8. The Hall–Kier alpha value is -1.92. The third-order valence-electron chi connectivity index (χ3n) is 4.85. The van der Waals surface area contributed by atoms with Crippen LogP contribution in [-0.4, -0.2) is 38.4 Å². The topological polar surface area (TPSA) is 61.8 Å². The van der Waals surface area contributed by atoms with Gasteiger partial charge in [0, 0.05) is 4.83 Å². The van der Waals surface area contributed by atoms with Gasteiger partial charge in [0.2, 0.25) is 0 Å². The zero-order valence-electron chi connectivity index (χ0n) is 18.7.